The molecular weight excluding hydrogens is 310 g/mol. The Balaban J connectivity index is 1.64. The van der Waals surface area contributed by atoms with E-state index in [1.54, 1.807) is 0 Å². The molecule has 1 aromatic carbocycles. The lowest BCUT2D eigenvalue weighted by Gasteiger charge is -2.18. The lowest BCUT2D eigenvalue weighted by molar-refractivity contribution is 0.00568. The number of hydrogen-bond donors (Lipinski definition) is 4. The normalized spacial score (nSPS) is 26.6. The minimum Gasteiger partial charge on any atom is -0.390 e. The first kappa shape index (κ1) is 16.6. The number of aromatic amines is 1. The molecule has 0 aliphatic heterocycles. The van der Waals surface area contributed by atoms with Crippen molar-refractivity contribution < 1.29 is 10.2 Å². The first-order chi connectivity index (χ1) is 11.6. The lowest BCUT2D eigenvalue weighted by atomic mass is 10.1. The maximum absolute atomic E-state index is 11.9. The largest absolute Gasteiger partial charge is 0.390 e. The maximum atomic E-state index is 11.9. The van der Waals surface area contributed by atoms with Crippen LogP contribution >= 0.6 is 0 Å². The van der Waals surface area contributed by atoms with Crippen LogP contribution < -0.4 is 16.6 Å². The number of hydrogen-bond acceptors (Lipinski definition) is 5. The van der Waals surface area contributed by atoms with Crippen molar-refractivity contribution in [3.05, 3.63) is 69.0 Å². The minimum absolute atomic E-state index is 0.174. The zero-order chi connectivity index (χ0) is 17.1. The van der Waals surface area contributed by atoms with Gasteiger partial charge >= 0.3 is 5.69 Å². The molecular formula is C17H21N3O4. The van der Waals surface area contributed by atoms with Crippen LogP contribution in [-0.4, -0.2) is 38.5 Å². The molecule has 24 heavy (non-hydrogen) atoms. The highest BCUT2D eigenvalue weighted by Crippen LogP contribution is 2.34. The highest BCUT2D eigenvalue weighted by molar-refractivity contribution is 5.14. The van der Waals surface area contributed by atoms with E-state index in [-0.39, 0.29) is 5.92 Å². The van der Waals surface area contributed by atoms with E-state index in [0.717, 1.165) is 5.56 Å². The van der Waals surface area contributed by atoms with E-state index in [2.05, 4.69) is 10.3 Å². The van der Waals surface area contributed by atoms with Crippen LogP contribution in [0.5, 0.6) is 0 Å². The van der Waals surface area contributed by atoms with Crippen molar-refractivity contribution in [2.45, 2.75) is 31.2 Å². The van der Waals surface area contributed by atoms with Crippen LogP contribution in [0.3, 0.4) is 0 Å². The summed E-state index contributed by atoms with van der Waals surface area (Å²) in [5.74, 6) is -0.174. The van der Waals surface area contributed by atoms with Gasteiger partial charge in [-0.05, 0) is 12.0 Å². The standard InChI is InChI=1S/C17H21N3O4/c21-14-6-7-20(17(24)19-14)13-8-12(15(22)16(13)23)10-18-9-11-4-2-1-3-5-11/h1-7,12-13,15-16,18,22-23H,8-10H2,(H,19,21,24)/t12-,13+,15+,16+/m0/s1. The fourth-order valence-electron chi connectivity index (χ4n) is 3.26. The van der Waals surface area contributed by atoms with E-state index < -0.39 is 29.5 Å². The van der Waals surface area contributed by atoms with Crippen molar-refractivity contribution in [1.82, 2.24) is 14.9 Å². The van der Waals surface area contributed by atoms with Gasteiger partial charge in [0.05, 0.1) is 12.1 Å². The predicted molar refractivity (Wildman–Crippen MR) is 88.6 cm³/mol. The third-order valence-electron chi connectivity index (χ3n) is 4.56. The molecule has 0 unspecified atom stereocenters. The summed E-state index contributed by atoms with van der Waals surface area (Å²) in [5.41, 5.74) is 0.0842. The Morgan fingerprint density at radius 1 is 1.12 bits per heavy atom. The van der Waals surface area contributed by atoms with Gasteiger partial charge in [-0.1, -0.05) is 30.3 Å². The van der Waals surface area contributed by atoms with Gasteiger partial charge in [-0.3, -0.25) is 14.3 Å². The van der Waals surface area contributed by atoms with Crippen molar-refractivity contribution in [1.29, 1.82) is 0 Å². The molecule has 7 nitrogen and oxygen atoms in total. The molecule has 1 aliphatic rings. The number of nitrogens with zero attached hydrogens (tertiary/aromatic N) is 1. The van der Waals surface area contributed by atoms with E-state index in [4.69, 9.17) is 0 Å². The monoisotopic (exact) mass is 331 g/mol. The molecule has 0 amide bonds. The quantitative estimate of drug-likeness (QED) is 0.597. The van der Waals surface area contributed by atoms with Crippen molar-refractivity contribution >= 4 is 0 Å². The number of nitrogens with one attached hydrogen (secondary N) is 2. The summed E-state index contributed by atoms with van der Waals surface area (Å²) in [6, 6.07) is 10.6. The first-order valence-corrected chi connectivity index (χ1v) is 7.98. The fourth-order valence-corrected chi connectivity index (χ4v) is 3.26. The van der Waals surface area contributed by atoms with Crippen molar-refractivity contribution in [2.75, 3.05) is 6.54 Å². The molecule has 2 aromatic rings. The van der Waals surface area contributed by atoms with Crippen molar-refractivity contribution in [3.63, 3.8) is 0 Å². The van der Waals surface area contributed by atoms with E-state index >= 15 is 0 Å². The Bertz CT molecular complexity index is 786. The van der Waals surface area contributed by atoms with Gasteiger partial charge in [-0.15, -0.1) is 0 Å². The van der Waals surface area contributed by atoms with E-state index in [1.165, 1.54) is 16.8 Å². The van der Waals surface area contributed by atoms with E-state index in [9.17, 15) is 19.8 Å². The molecule has 1 fully saturated rings. The van der Waals surface area contributed by atoms with E-state index in [1.807, 2.05) is 30.3 Å². The van der Waals surface area contributed by atoms with Crippen molar-refractivity contribution in [2.24, 2.45) is 5.92 Å². The lowest BCUT2D eigenvalue weighted by Crippen LogP contribution is -2.37. The van der Waals surface area contributed by atoms with Gasteiger partial charge in [0.25, 0.3) is 5.56 Å². The molecule has 1 heterocycles. The summed E-state index contributed by atoms with van der Waals surface area (Å²) >= 11 is 0. The Hall–Kier alpha value is -2.22. The molecule has 128 valence electrons. The van der Waals surface area contributed by atoms with Crippen LogP contribution in [0.25, 0.3) is 0 Å². The highest BCUT2D eigenvalue weighted by Gasteiger charge is 2.42. The summed E-state index contributed by atoms with van der Waals surface area (Å²) in [7, 11) is 0. The molecule has 0 saturated heterocycles. The van der Waals surface area contributed by atoms with Gasteiger partial charge in [0.1, 0.15) is 6.10 Å². The van der Waals surface area contributed by atoms with Crippen LogP contribution in [0.1, 0.15) is 18.0 Å². The zero-order valence-corrected chi connectivity index (χ0v) is 13.1. The van der Waals surface area contributed by atoms with E-state index in [0.29, 0.717) is 19.5 Å². The number of aliphatic hydroxyl groups excluding tert-OH is 2. The smallest absolute Gasteiger partial charge is 0.328 e. The molecule has 4 atom stereocenters. The summed E-state index contributed by atoms with van der Waals surface area (Å²) in [6.07, 6.45) is -0.147. The molecule has 0 bridgehead atoms. The molecule has 1 aliphatic carbocycles. The number of benzene rings is 1. The van der Waals surface area contributed by atoms with Crippen LogP contribution in [0.15, 0.2) is 52.2 Å². The Kier molecular flexibility index (Phi) is 4.94. The number of H-pyrrole nitrogens is 1. The van der Waals surface area contributed by atoms with Crippen LogP contribution in [0.2, 0.25) is 0 Å². The van der Waals surface area contributed by atoms with Gasteiger partial charge < -0.3 is 15.5 Å². The average molecular weight is 331 g/mol. The third kappa shape index (κ3) is 3.48. The summed E-state index contributed by atoms with van der Waals surface area (Å²) in [4.78, 5) is 25.2. The van der Waals surface area contributed by atoms with Gasteiger partial charge in [0.15, 0.2) is 0 Å². The first-order valence-electron chi connectivity index (χ1n) is 7.98. The number of rotatable bonds is 5. The third-order valence-corrected chi connectivity index (χ3v) is 4.56. The second kappa shape index (κ2) is 7.12. The van der Waals surface area contributed by atoms with Gasteiger partial charge in [0, 0.05) is 31.3 Å². The summed E-state index contributed by atoms with van der Waals surface area (Å²) < 4.78 is 1.28. The summed E-state index contributed by atoms with van der Waals surface area (Å²) in [6.45, 7) is 1.20. The summed E-state index contributed by atoms with van der Waals surface area (Å²) in [5, 5.41) is 23.8. The molecule has 7 heteroatoms. The van der Waals surface area contributed by atoms with Gasteiger partial charge in [-0.25, -0.2) is 4.79 Å². The van der Waals surface area contributed by atoms with Crippen LogP contribution in [0.4, 0.5) is 0 Å². The Morgan fingerprint density at radius 3 is 2.58 bits per heavy atom. The molecule has 1 saturated carbocycles. The van der Waals surface area contributed by atoms with Crippen molar-refractivity contribution in [3.8, 4) is 0 Å². The van der Waals surface area contributed by atoms with Crippen LogP contribution in [-0.2, 0) is 6.54 Å². The average Bonchev–Trinajstić information content (AvgIpc) is 2.84. The molecule has 1 aromatic heterocycles. The van der Waals surface area contributed by atoms with Gasteiger partial charge in [-0.2, -0.15) is 0 Å². The number of aromatic nitrogens is 2. The molecule has 0 spiro atoms. The topological polar surface area (TPSA) is 107 Å². The second-order valence-corrected chi connectivity index (χ2v) is 6.18. The SMILES string of the molecule is O=c1ccn([C@@H]2C[C@@H](CNCc3ccccc3)[C@@H](O)[C@@H]2O)c(=O)[nH]1. The molecule has 3 rings (SSSR count). The molecule has 4 N–H and O–H groups in total. The zero-order valence-electron chi connectivity index (χ0n) is 13.1. The fraction of sp³-hybridized carbons (Fsp3) is 0.412. The maximum Gasteiger partial charge on any atom is 0.328 e. The predicted octanol–water partition coefficient (Wildman–Crippen LogP) is -0.391. The number of aliphatic hydroxyl groups is 2. The Labute approximate surface area is 138 Å². The highest BCUT2D eigenvalue weighted by atomic mass is 16.3. The Morgan fingerprint density at radius 2 is 1.88 bits per heavy atom. The second-order valence-electron chi connectivity index (χ2n) is 6.18. The molecule has 0 radical (unpaired) electrons. The van der Waals surface area contributed by atoms with Gasteiger partial charge in [0.2, 0.25) is 0 Å². The minimum atomic E-state index is -1.04. The van der Waals surface area contributed by atoms with Crippen LogP contribution in [0, 0.1) is 5.92 Å².